The average Bonchev–Trinajstić information content (AvgIpc) is 2.28. The van der Waals surface area contributed by atoms with Crippen LogP contribution in [0.1, 0.15) is 6.92 Å². The molecule has 2 nitrogen and oxygen atoms in total. The molecule has 0 bridgehead atoms. The molecule has 66 valence electrons. The monoisotopic (exact) mass is 173 g/mol. The van der Waals surface area contributed by atoms with E-state index in [0.717, 1.165) is 11.3 Å². The van der Waals surface area contributed by atoms with Crippen molar-refractivity contribution < 1.29 is 4.79 Å². The summed E-state index contributed by atoms with van der Waals surface area (Å²) in [7, 11) is 0. The molecule has 0 aromatic heterocycles. The van der Waals surface area contributed by atoms with Gasteiger partial charge in [0.05, 0.1) is 0 Å². The minimum Gasteiger partial charge on any atom is -0.327 e. The summed E-state index contributed by atoms with van der Waals surface area (Å²) in [4.78, 5) is 11.5. The molecule has 0 spiro atoms. The SMILES string of the molecule is CC1=CC2C=CC=CC=C2C(=O)N1. The van der Waals surface area contributed by atoms with Gasteiger partial charge in [-0.2, -0.15) is 0 Å². The Morgan fingerprint density at radius 2 is 2.15 bits per heavy atom. The zero-order valence-corrected chi connectivity index (χ0v) is 7.45. The summed E-state index contributed by atoms with van der Waals surface area (Å²) in [6.45, 7) is 1.90. The van der Waals surface area contributed by atoms with Crippen molar-refractivity contribution in [1.82, 2.24) is 5.32 Å². The zero-order chi connectivity index (χ0) is 9.26. The van der Waals surface area contributed by atoms with Gasteiger partial charge in [-0.05, 0) is 6.92 Å². The van der Waals surface area contributed by atoms with Gasteiger partial charge in [0.15, 0.2) is 0 Å². The molecule has 1 aliphatic carbocycles. The fourth-order valence-electron chi connectivity index (χ4n) is 1.56. The molecule has 0 saturated heterocycles. The molecule has 0 fully saturated rings. The Hall–Kier alpha value is -1.57. The van der Waals surface area contributed by atoms with Crippen molar-refractivity contribution in [3.05, 3.63) is 47.7 Å². The Morgan fingerprint density at radius 1 is 1.31 bits per heavy atom. The highest BCUT2D eigenvalue weighted by Crippen LogP contribution is 2.22. The van der Waals surface area contributed by atoms with Gasteiger partial charge in [-0.1, -0.05) is 36.5 Å². The van der Waals surface area contributed by atoms with Crippen LogP contribution < -0.4 is 5.32 Å². The number of nitrogens with one attached hydrogen (secondary N) is 1. The molecular formula is C11H11NO. The minimum absolute atomic E-state index is 0.0150. The lowest BCUT2D eigenvalue weighted by atomic mass is 9.94. The Kier molecular flexibility index (Phi) is 1.89. The standard InChI is InChI=1S/C11H11NO/c1-8-7-9-5-3-2-4-6-10(9)11(13)12-8/h2-7,9H,1H3,(H,12,13). The first-order valence-corrected chi connectivity index (χ1v) is 4.32. The number of rotatable bonds is 0. The normalized spacial score (nSPS) is 25.6. The number of amides is 1. The molecule has 0 radical (unpaired) electrons. The lowest BCUT2D eigenvalue weighted by Crippen LogP contribution is -2.30. The van der Waals surface area contributed by atoms with Gasteiger partial charge in [-0.25, -0.2) is 0 Å². The van der Waals surface area contributed by atoms with Crippen molar-refractivity contribution in [2.75, 3.05) is 0 Å². The number of carbonyl (C=O) groups excluding carboxylic acids is 1. The fourth-order valence-corrected chi connectivity index (χ4v) is 1.56. The fraction of sp³-hybridized carbons (Fsp3) is 0.182. The second-order valence-corrected chi connectivity index (χ2v) is 3.22. The molecule has 1 aliphatic heterocycles. The third-order valence-electron chi connectivity index (χ3n) is 2.18. The van der Waals surface area contributed by atoms with Crippen molar-refractivity contribution >= 4 is 5.91 Å². The zero-order valence-electron chi connectivity index (χ0n) is 7.45. The first kappa shape index (κ1) is 8.05. The van der Waals surface area contributed by atoms with Gasteiger partial charge in [0.1, 0.15) is 0 Å². The van der Waals surface area contributed by atoms with Crippen LogP contribution in [0.3, 0.4) is 0 Å². The topological polar surface area (TPSA) is 29.1 Å². The van der Waals surface area contributed by atoms with Gasteiger partial charge >= 0.3 is 0 Å². The summed E-state index contributed by atoms with van der Waals surface area (Å²) in [6, 6.07) is 0. The second kappa shape index (κ2) is 3.05. The largest absolute Gasteiger partial charge is 0.327 e. The van der Waals surface area contributed by atoms with Crippen molar-refractivity contribution in [3.8, 4) is 0 Å². The van der Waals surface area contributed by atoms with E-state index in [1.807, 2.05) is 37.3 Å². The summed E-state index contributed by atoms with van der Waals surface area (Å²) in [5, 5.41) is 2.79. The Bertz CT molecular complexity index is 358. The van der Waals surface area contributed by atoms with Gasteiger partial charge in [-0.3, -0.25) is 4.79 Å². The highest BCUT2D eigenvalue weighted by molar-refractivity contribution is 5.97. The van der Waals surface area contributed by atoms with Crippen LogP contribution in [-0.4, -0.2) is 5.91 Å². The van der Waals surface area contributed by atoms with Gasteiger partial charge < -0.3 is 5.32 Å². The van der Waals surface area contributed by atoms with Gasteiger partial charge in [0, 0.05) is 17.2 Å². The summed E-state index contributed by atoms with van der Waals surface area (Å²) in [5.74, 6) is 0.157. The van der Waals surface area contributed by atoms with Gasteiger partial charge in [-0.15, -0.1) is 0 Å². The van der Waals surface area contributed by atoms with E-state index in [1.165, 1.54) is 0 Å². The second-order valence-electron chi connectivity index (χ2n) is 3.22. The molecule has 2 rings (SSSR count). The van der Waals surface area contributed by atoms with Crippen molar-refractivity contribution in [1.29, 1.82) is 0 Å². The van der Waals surface area contributed by atoms with E-state index in [-0.39, 0.29) is 11.8 Å². The van der Waals surface area contributed by atoms with Crippen molar-refractivity contribution in [2.24, 2.45) is 5.92 Å². The van der Waals surface area contributed by atoms with Crippen LogP contribution in [0.4, 0.5) is 0 Å². The van der Waals surface area contributed by atoms with Gasteiger partial charge in [0.2, 0.25) is 0 Å². The Balaban J connectivity index is 2.44. The third-order valence-corrected chi connectivity index (χ3v) is 2.18. The van der Waals surface area contributed by atoms with Crippen molar-refractivity contribution in [2.45, 2.75) is 6.92 Å². The molecule has 2 heteroatoms. The summed E-state index contributed by atoms with van der Waals surface area (Å²) in [6.07, 6.45) is 11.7. The number of hydrogen-bond acceptors (Lipinski definition) is 1. The molecule has 0 aromatic rings. The maximum Gasteiger partial charge on any atom is 0.252 e. The predicted octanol–water partition coefficient (Wildman–Crippen LogP) is 1.69. The van der Waals surface area contributed by atoms with E-state index in [0.29, 0.717) is 0 Å². The average molecular weight is 173 g/mol. The molecule has 1 unspecified atom stereocenters. The summed E-state index contributed by atoms with van der Waals surface area (Å²) in [5.41, 5.74) is 1.74. The molecule has 13 heavy (non-hydrogen) atoms. The van der Waals surface area contributed by atoms with Crippen LogP contribution in [0.25, 0.3) is 0 Å². The van der Waals surface area contributed by atoms with Crippen LogP contribution in [-0.2, 0) is 4.79 Å². The van der Waals surface area contributed by atoms with Crippen LogP contribution in [0, 0.1) is 5.92 Å². The van der Waals surface area contributed by atoms with Crippen LogP contribution >= 0.6 is 0 Å². The Labute approximate surface area is 77.3 Å². The highest BCUT2D eigenvalue weighted by Gasteiger charge is 2.21. The number of carbonyl (C=O) groups is 1. The van der Waals surface area contributed by atoms with Gasteiger partial charge in [0.25, 0.3) is 5.91 Å². The van der Waals surface area contributed by atoms with E-state index >= 15 is 0 Å². The molecule has 1 amide bonds. The minimum atomic E-state index is 0.0150. The Morgan fingerprint density at radius 3 is 3.00 bits per heavy atom. The van der Waals surface area contributed by atoms with E-state index in [9.17, 15) is 4.79 Å². The van der Waals surface area contributed by atoms with Crippen molar-refractivity contribution in [3.63, 3.8) is 0 Å². The lowest BCUT2D eigenvalue weighted by molar-refractivity contribution is -0.117. The molecule has 2 aliphatic rings. The maximum absolute atomic E-state index is 11.5. The molecule has 0 aromatic carbocycles. The predicted molar refractivity (Wildman–Crippen MR) is 51.8 cm³/mol. The maximum atomic E-state index is 11.5. The van der Waals surface area contributed by atoms with E-state index in [4.69, 9.17) is 0 Å². The molecule has 1 heterocycles. The first-order valence-electron chi connectivity index (χ1n) is 4.32. The summed E-state index contributed by atoms with van der Waals surface area (Å²) >= 11 is 0. The quantitative estimate of drug-likeness (QED) is 0.593. The van der Waals surface area contributed by atoms with E-state index in [1.54, 1.807) is 0 Å². The third kappa shape index (κ3) is 1.47. The highest BCUT2D eigenvalue weighted by atomic mass is 16.1. The van der Waals surface area contributed by atoms with Crippen LogP contribution in [0.5, 0.6) is 0 Å². The van der Waals surface area contributed by atoms with Crippen LogP contribution in [0.2, 0.25) is 0 Å². The van der Waals surface area contributed by atoms with Crippen LogP contribution in [0.15, 0.2) is 47.7 Å². The first-order chi connectivity index (χ1) is 6.27. The molecule has 1 atom stereocenters. The number of hydrogen-bond donors (Lipinski definition) is 1. The lowest BCUT2D eigenvalue weighted by Gasteiger charge is -2.19. The summed E-state index contributed by atoms with van der Waals surface area (Å²) < 4.78 is 0. The van der Waals surface area contributed by atoms with E-state index in [2.05, 4.69) is 11.4 Å². The molecular weight excluding hydrogens is 162 g/mol. The smallest absolute Gasteiger partial charge is 0.252 e. The van der Waals surface area contributed by atoms with E-state index < -0.39 is 0 Å². The molecule has 0 saturated carbocycles. The number of fused-ring (bicyclic) bond motifs is 1. The molecule has 1 N–H and O–H groups in total. The number of allylic oxidation sites excluding steroid dienone is 7.